The third kappa shape index (κ3) is 3.80. The van der Waals surface area contributed by atoms with Crippen molar-refractivity contribution < 1.29 is 14.0 Å². The van der Waals surface area contributed by atoms with Crippen LogP contribution in [0, 0.1) is 12.8 Å². The number of hydrogen-bond donors (Lipinski definition) is 1. The third-order valence-corrected chi connectivity index (χ3v) is 6.19. The van der Waals surface area contributed by atoms with E-state index in [1.165, 1.54) is 17.3 Å². The van der Waals surface area contributed by atoms with E-state index < -0.39 is 0 Å². The van der Waals surface area contributed by atoms with Crippen molar-refractivity contribution in [1.29, 1.82) is 0 Å². The molecule has 1 saturated heterocycles. The standard InChI is InChI=1S/C21H28N4O4/c1-13-16(17-19(29-13)22-12-24(2)20(17)27)21(28)25-10-6-7-14(11-25)18(26)23-15-8-4-3-5-9-15/h12,14-15H,3-11H2,1-2H3,(H,23,26). The zero-order chi connectivity index (χ0) is 20.5. The molecular formula is C21H28N4O4. The summed E-state index contributed by atoms with van der Waals surface area (Å²) in [6, 6.07) is 0.261. The van der Waals surface area contributed by atoms with Crippen LogP contribution in [0.4, 0.5) is 0 Å². The Morgan fingerprint density at radius 2 is 1.93 bits per heavy atom. The molecule has 0 spiro atoms. The highest BCUT2D eigenvalue weighted by Gasteiger charge is 2.33. The van der Waals surface area contributed by atoms with Crippen molar-refractivity contribution in [3.63, 3.8) is 0 Å². The number of fused-ring (bicyclic) bond motifs is 1. The number of nitrogens with one attached hydrogen (secondary N) is 1. The quantitative estimate of drug-likeness (QED) is 0.851. The lowest BCUT2D eigenvalue weighted by Gasteiger charge is -2.33. The number of furan rings is 1. The average Bonchev–Trinajstić information content (AvgIpc) is 3.07. The first-order chi connectivity index (χ1) is 14.0. The van der Waals surface area contributed by atoms with E-state index in [0.29, 0.717) is 18.8 Å². The van der Waals surface area contributed by atoms with E-state index in [1.807, 2.05) is 0 Å². The Morgan fingerprint density at radius 3 is 2.69 bits per heavy atom. The van der Waals surface area contributed by atoms with Gasteiger partial charge < -0.3 is 19.2 Å². The second kappa shape index (κ2) is 8.00. The van der Waals surface area contributed by atoms with Crippen LogP contribution in [-0.2, 0) is 11.8 Å². The summed E-state index contributed by atoms with van der Waals surface area (Å²) in [6.45, 7) is 2.61. The first-order valence-corrected chi connectivity index (χ1v) is 10.5. The number of carbonyl (C=O) groups is 2. The van der Waals surface area contributed by atoms with E-state index in [1.54, 1.807) is 18.9 Å². The number of amides is 2. The van der Waals surface area contributed by atoms with Gasteiger partial charge in [0.15, 0.2) is 0 Å². The lowest BCUT2D eigenvalue weighted by Crippen LogP contribution is -2.48. The van der Waals surface area contributed by atoms with Gasteiger partial charge in [0.05, 0.1) is 11.5 Å². The van der Waals surface area contributed by atoms with E-state index >= 15 is 0 Å². The molecule has 1 N–H and O–H groups in total. The maximum absolute atomic E-state index is 13.3. The van der Waals surface area contributed by atoms with Gasteiger partial charge in [0, 0.05) is 26.2 Å². The number of hydrogen-bond acceptors (Lipinski definition) is 5. The minimum Gasteiger partial charge on any atom is -0.442 e. The molecule has 0 radical (unpaired) electrons. The lowest BCUT2D eigenvalue weighted by molar-refractivity contribution is -0.127. The Balaban J connectivity index is 1.53. The Labute approximate surface area is 169 Å². The molecule has 1 atom stereocenters. The van der Waals surface area contributed by atoms with Crippen molar-refractivity contribution in [1.82, 2.24) is 19.8 Å². The topological polar surface area (TPSA) is 97.4 Å². The Kier molecular flexibility index (Phi) is 5.43. The van der Waals surface area contributed by atoms with Crippen LogP contribution >= 0.6 is 0 Å². The van der Waals surface area contributed by atoms with Crippen LogP contribution in [0.5, 0.6) is 0 Å². The molecule has 0 aromatic carbocycles. The van der Waals surface area contributed by atoms with Crippen LogP contribution in [-0.4, -0.2) is 45.4 Å². The second-order valence-corrected chi connectivity index (χ2v) is 8.31. The molecule has 2 aliphatic rings. The van der Waals surface area contributed by atoms with Crippen LogP contribution in [0.15, 0.2) is 15.5 Å². The zero-order valence-electron chi connectivity index (χ0n) is 17.1. The molecule has 0 bridgehead atoms. The molecule has 1 unspecified atom stereocenters. The number of aromatic nitrogens is 2. The van der Waals surface area contributed by atoms with Gasteiger partial charge in [-0.05, 0) is 32.6 Å². The number of aryl methyl sites for hydroxylation is 2. The molecule has 29 heavy (non-hydrogen) atoms. The van der Waals surface area contributed by atoms with Gasteiger partial charge in [-0.25, -0.2) is 4.98 Å². The van der Waals surface area contributed by atoms with Crippen molar-refractivity contribution >= 4 is 22.9 Å². The molecule has 2 aromatic rings. The summed E-state index contributed by atoms with van der Waals surface area (Å²) in [5.74, 6) is -0.0501. The van der Waals surface area contributed by atoms with Gasteiger partial charge in [-0.3, -0.25) is 14.4 Å². The first kappa shape index (κ1) is 19.7. The number of piperidine rings is 1. The third-order valence-electron chi connectivity index (χ3n) is 6.19. The highest BCUT2D eigenvalue weighted by molar-refractivity contribution is 6.06. The van der Waals surface area contributed by atoms with Crippen molar-refractivity contribution in [2.75, 3.05) is 13.1 Å². The summed E-state index contributed by atoms with van der Waals surface area (Å²) < 4.78 is 6.91. The molecule has 2 amide bonds. The maximum Gasteiger partial charge on any atom is 0.265 e. The highest BCUT2D eigenvalue weighted by Crippen LogP contribution is 2.26. The maximum atomic E-state index is 13.3. The van der Waals surface area contributed by atoms with Gasteiger partial charge in [-0.15, -0.1) is 0 Å². The Bertz CT molecular complexity index is 986. The fourth-order valence-corrected chi connectivity index (χ4v) is 4.54. The molecule has 8 heteroatoms. The van der Waals surface area contributed by atoms with Gasteiger partial charge in [0.2, 0.25) is 11.6 Å². The summed E-state index contributed by atoms with van der Waals surface area (Å²) in [5, 5.41) is 3.40. The predicted molar refractivity (Wildman–Crippen MR) is 108 cm³/mol. The van der Waals surface area contributed by atoms with Crippen LogP contribution in [0.3, 0.4) is 0 Å². The van der Waals surface area contributed by atoms with Crippen molar-refractivity contribution in [2.24, 2.45) is 13.0 Å². The Morgan fingerprint density at radius 1 is 1.17 bits per heavy atom. The van der Waals surface area contributed by atoms with E-state index in [-0.39, 0.29) is 46.0 Å². The molecule has 156 valence electrons. The van der Waals surface area contributed by atoms with Crippen LogP contribution in [0.25, 0.3) is 11.1 Å². The second-order valence-electron chi connectivity index (χ2n) is 8.31. The van der Waals surface area contributed by atoms with Crippen LogP contribution in [0.2, 0.25) is 0 Å². The number of rotatable bonds is 3. The van der Waals surface area contributed by atoms with Gasteiger partial charge in [-0.2, -0.15) is 0 Å². The molecule has 3 heterocycles. The molecule has 2 aromatic heterocycles. The number of carbonyl (C=O) groups excluding carboxylic acids is 2. The molecule has 8 nitrogen and oxygen atoms in total. The normalized spacial score (nSPS) is 20.8. The molecule has 1 aliphatic heterocycles. The molecule has 1 aliphatic carbocycles. The minimum absolute atomic E-state index is 0.0424. The summed E-state index contributed by atoms with van der Waals surface area (Å²) in [5.41, 5.74) is 0.137. The van der Waals surface area contributed by atoms with Crippen molar-refractivity contribution in [2.45, 2.75) is 57.9 Å². The minimum atomic E-state index is -0.307. The molecular weight excluding hydrogens is 372 g/mol. The van der Waals surface area contributed by atoms with Gasteiger partial charge in [-0.1, -0.05) is 19.3 Å². The van der Waals surface area contributed by atoms with Gasteiger partial charge >= 0.3 is 0 Å². The van der Waals surface area contributed by atoms with Crippen molar-refractivity contribution in [3.8, 4) is 0 Å². The summed E-state index contributed by atoms with van der Waals surface area (Å²) in [6.07, 6.45) is 8.57. The first-order valence-electron chi connectivity index (χ1n) is 10.5. The summed E-state index contributed by atoms with van der Waals surface area (Å²) in [4.78, 5) is 44.4. The largest absolute Gasteiger partial charge is 0.442 e. The van der Waals surface area contributed by atoms with E-state index in [2.05, 4.69) is 10.3 Å². The van der Waals surface area contributed by atoms with Crippen LogP contribution < -0.4 is 10.9 Å². The number of likely N-dealkylation sites (tertiary alicyclic amines) is 1. The SMILES string of the molecule is Cc1oc2ncn(C)c(=O)c2c1C(=O)N1CCCC(C(=O)NC2CCCCC2)C1. The smallest absolute Gasteiger partial charge is 0.265 e. The van der Waals surface area contributed by atoms with Gasteiger partial charge in [0.25, 0.3) is 11.5 Å². The van der Waals surface area contributed by atoms with Crippen LogP contribution in [0.1, 0.15) is 61.1 Å². The average molecular weight is 400 g/mol. The number of nitrogens with zero attached hydrogens (tertiary/aromatic N) is 3. The van der Waals surface area contributed by atoms with E-state index in [4.69, 9.17) is 4.42 Å². The molecule has 4 rings (SSSR count). The lowest BCUT2D eigenvalue weighted by atomic mass is 9.92. The summed E-state index contributed by atoms with van der Waals surface area (Å²) in [7, 11) is 1.60. The molecule has 1 saturated carbocycles. The van der Waals surface area contributed by atoms with E-state index in [0.717, 1.165) is 38.5 Å². The fourth-order valence-electron chi connectivity index (χ4n) is 4.54. The predicted octanol–water partition coefficient (Wildman–Crippen LogP) is 2.14. The summed E-state index contributed by atoms with van der Waals surface area (Å²) >= 11 is 0. The zero-order valence-corrected chi connectivity index (χ0v) is 17.1. The Hall–Kier alpha value is -2.64. The van der Waals surface area contributed by atoms with Gasteiger partial charge in [0.1, 0.15) is 17.5 Å². The highest BCUT2D eigenvalue weighted by atomic mass is 16.3. The van der Waals surface area contributed by atoms with E-state index in [9.17, 15) is 14.4 Å². The molecule has 2 fully saturated rings. The van der Waals surface area contributed by atoms with Crippen molar-refractivity contribution in [3.05, 3.63) is 28.0 Å². The fraction of sp³-hybridized carbons (Fsp3) is 0.619. The monoisotopic (exact) mass is 400 g/mol.